The normalized spacial score (nSPS) is 17.2. The third-order valence-electron chi connectivity index (χ3n) is 3.21. The van der Waals surface area contributed by atoms with Gasteiger partial charge in [0.15, 0.2) is 0 Å². The molecule has 0 bridgehead atoms. The van der Waals surface area contributed by atoms with E-state index in [2.05, 4.69) is 5.32 Å². The lowest BCUT2D eigenvalue weighted by molar-refractivity contribution is 0.0891. The number of rotatable bonds is 5. The van der Waals surface area contributed by atoms with E-state index in [0.29, 0.717) is 18.2 Å². The molecular formula is C13H20N2O2. The van der Waals surface area contributed by atoms with E-state index < -0.39 is 0 Å². The van der Waals surface area contributed by atoms with Gasteiger partial charge in [-0.1, -0.05) is 0 Å². The maximum absolute atomic E-state index is 11.9. The second-order valence-corrected chi connectivity index (χ2v) is 5.01. The van der Waals surface area contributed by atoms with Crippen LogP contribution in [0.1, 0.15) is 43.2 Å². The number of carbonyl (C=O) groups is 1. The Hall–Kier alpha value is -1.29. The molecule has 1 saturated carbocycles. The van der Waals surface area contributed by atoms with Crippen molar-refractivity contribution in [3.05, 3.63) is 24.0 Å². The van der Waals surface area contributed by atoms with Gasteiger partial charge in [0.1, 0.15) is 5.69 Å². The zero-order valence-corrected chi connectivity index (χ0v) is 10.4. The average Bonchev–Trinajstić information content (AvgIpc) is 3.02. The van der Waals surface area contributed by atoms with Crippen molar-refractivity contribution >= 4 is 5.91 Å². The van der Waals surface area contributed by atoms with Crippen LogP contribution in [0.5, 0.6) is 0 Å². The highest BCUT2D eigenvalue weighted by molar-refractivity contribution is 5.92. The van der Waals surface area contributed by atoms with Crippen molar-refractivity contribution in [2.45, 2.75) is 38.8 Å². The molecule has 2 rings (SSSR count). The zero-order valence-electron chi connectivity index (χ0n) is 10.4. The molecule has 17 heavy (non-hydrogen) atoms. The molecule has 0 saturated heterocycles. The molecule has 1 aromatic rings. The minimum atomic E-state index is -0.388. The quantitative estimate of drug-likeness (QED) is 0.815. The Labute approximate surface area is 102 Å². The predicted octanol–water partition coefficient (Wildman–Crippen LogP) is 1.57. The molecule has 1 aromatic heterocycles. The van der Waals surface area contributed by atoms with Crippen LogP contribution >= 0.6 is 0 Å². The van der Waals surface area contributed by atoms with Crippen molar-refractivity contribution in [1.82, 2.24) is 9.88 Å². The Bertz CT molecular complexity index is 394. The van der Waals surface area contributed by atoms with E-state index in [9.17, 15) is 9.90 Å². The van der Waals surface area contributed by atoms with Gasteiger partial charge in [0.05, 0.1) is 6.10 Å². The van der Waals surface area contributed by atoms with Crippen molar-refractivity contribution in [3.8, 4) is 0 Å². The van der Waals surface area contributed by atoms with Crippen LogP contribution in [0.2, 0.25) is 0 Å². The number of amides is 1. The molecule has 2 N–H and O–H groups in total. The summed E-state index contributed by atoms with van der Waals surface area (Å²) in [7, 11) is 0. The number of hydrogen-bond acceptors (Lipinski definition) is 2. The first-order valence-corrected chi connectivity index (χ1v) is 6.22. The van der Waals surface area contributed by atoms with Crippen LogP contribution in [-0.2, 0) is 0 Å². The van der Waals surface area contributed by atoms with Gasteiger partial charge in [0.2, 0.25) is 0 Å². The molecule has 0 radical (unpaired) electrons. The predicted molar refractivity (Wildman–Crippen MR) is 65.9 cm³/mol. The zero-order chi connectivity index (χ0) is 12.4. The molecule has 1 unspecified atom stereocenters. The smallest absolute Gasteiger partial charge is 0.268 e. The lowest BCUT2D eigenvalue weighted by Gasteiger charge is -2.14. The molecule has 4 nitrogen and oxygen atoms in total. The van der Waals surface area contributed by atoms with Crippen molar-refractivity contribution < 1.29 is 9.90 Å². The van der Waals surface area contributed by atoms with E-state index in [1.54, 1.807) is 6.07 Å². The fourth-order valence-electron chi connectivity index (χ4n) is 1.97. The molecule has 1 atom stereocenters. The average molecular weight is 236 g/mol. The number of aromatic nitrogens is 1. The molecule has 4 heteroatoms. The number of carbonyl (C=O) groups excluding carboxylic acids is 1. The van der Waals surface area contributed by atoms with E-state index in [1.165, 1.54) is 0 Å². The first-order valence-electron chi connectivity index (χ1n) is 6.22. The van der Waals surface area contributed by atoms with Gasteiger partial charge < -0.3 is 15.0 Å². The number of aliphatic hydroxyl groups is 1. The minimum absolute atomic E-state index is 0.108. The lowest BCUT2D eigenvalue weighted by Crippen LogP contribution is -2.34. The summed E-state index contributed by atoms with van der Waals surface area (Å²) < 4.78 is 1.93. The molecule has 0 spiro atoms. The summed E-state index contributed by atoms with van der Waals surface area (Å²) >= 11 is 0. The molecule has 94 valence electrons. The third-order valence-corrected chi connectivity index (χ3v) is 3.21. The molecule has 1 heterocycles. The Morgan fingerprint density at radius 1 is 1.59 bits per heavy atom. The first kappa shape index (κ1) is 12.2. The number of nitrogens with zero attached hydrogens (tertiary/aromatic N) is 1. The van der Waals surface area contributed by atoms with E-state index >= 15 is 0 Å². The summed E-state index contributed by atoms with van der Waals surface area (Å²) in [6.45, 7) is 4.43. The van der Waals surface area contributed by atoms with Gasteiger partial charge in [-0.15, -0.1) is 0 Å². The summed E-state index contributed by atoms with van der Waals surface area (Å²) in [5, 5.41) is 12.5. The van der Waals surface area contributed by atoms with Crippen molar-refractivity contribution in [3.63, 3.8) is 0 Å². The van der Waals surface area contributed by atoms with E-state index in [1.807, 2.05) is 30.7 Å². The number of aliphatic hydroxyl groups excluding tert-OH is 1. The largest absolute Gasteiger partial charge is 0.391 e. The van der Waals surface area contributed by atoms with Crippen LogP contribution < -0.4 is 5.32 Å². The third kappa shape index (κ3) is 2.88. The summed E-state index contributed by atoms with van der Waals surface area (Å²) in [6, 6.07) is 3.93. The highest BCUT2D eigenvalue weighted by Crippen LogP contribution is 2.32. The second kappa shape index (κ2) is 4.92. The van der Waals surface area contributed by atoms with E-state index in [0.717, 1.165) is 12.8 Å². The SMILES string of the molecule is CC(C)n1cccc1C(=O)NCC(O)C1CC1. The van der Waals surface area contributed by atoms with Crippen LogP contribution in [0.15, 0.2) is 18.3 Å². The Morgan fingerprint density at radius 2 is 2.29 bits per heavy atom. The topological polar surface area (TPSA) is 54.3 Å². The fourth-order valence-corrected chi connectivity index (χ4v) is 1.97. The van der Waals surface area contributed by atoms with Crippen molar-refractivity contribution in [1.29, 1.82) is 0 Å². The highest BCUT2D eigenvalue weighted by Gasteiger charge is 2.29. The standard InChI is InChI=1S/C13H20N2O2/c1-9(2)15-7-3-4-11(15)13(17)14-8-12(16)10-5-6-10/h3-4,7,9-10,12,16H,5-6,8H2,1-2H3,(H,14,17). The Kier molecular flexibility index (Phi) is 3.52. The van der Waals surface area contributed by atoms with E-state index in [-0.39, 0.29) is 18.1 Å². The molecule has 0 aromatic carbocycles. The van der Waals surface area contributed by atoms with Crippen LogP contribution in [0.4, 0.5) is 0 Å². The lowest BCUT2D eigenvalue weighted by atomic mass is 10.2. The highest BCUT2D eigenvalue weighted by atomic mass is 16.3. The van der Waals surface area contributed by atoms with Crippen molar-refractivity contribution in [2.24, 2.45) is 5.92 Å². The number of nitrogens with one attached hydrogen (secondary N) is 1. The van der Waals surface area contributed by atoms with Gasteiger partial charge in [-0.2, -0.15) is 0 Å². The van der Waals surface area contributed by atoms with Crippen LogP contribution in [0.25, 0.3) is 0 Å². The molecule has 1 aliphatic carbocycles. The van der Waals surface area contributed by atoms with Gasteiger partial charge in [0, 0.05) is 18.8 Å². The van der Waals surface area contributed by atoms with Gasteiger partial charge >= 0.3 is 0 Å². The molecule has 1 aliphatic rings. The first-order chi connectivity index (χ1) is 8.09. The molecule has 1 fully saturated rings. The fraction of sp³-hybridized carbons (Fsp3) is 0.615. The van der Waals surface area contributed by atoms with Gasteiger partial charge in [-0.05, 0) is 44.7 Å². The monoisotopic (exact) mass is 236 g/mol. The molecule has 0 aliphatic heterocycles. The summed E-state index contributed by atoms with van der Waals surface area (Å²) in [6.07, 6.45) is 3.68. The second-order valence-electron chi connectivity index (χ2n) is 5.01. The summed E-state index contributed by atoms with van der Waals surface area (Å²) in [5.74, 6) is 0.288. The molecule has 1 amide bonds. The molecular weight excluding hydrogens is 216 g/mol. The van der Waals surface area contributed by atoms with Crippen LogP contribution in [0, 0.1) is 5.92 Å². The van der Waals surface area contributed by atoms with Crippen LogP contribution in [-0.4, -0.2) is 28.2 Å². The summed E-state index contributed by atoms with van der Waals surface area (Å²) in [5.41, 5.74) is 0.656. The number of hydrogen-bond donors (Lipinski definition) is 2. The van der Waals surface area contributed by atoms with Gasteiger partial charge in [-0.25, -0.2) is 0 Å². The Morgan fingerprint density at radius 3 is 2.88 bits per heavy atom. The van der Waals surface area contributed by atoms with Crippen LogP contribution in [0.3, 0.4) is 0 Å². The maximum atomic E-state index is 11.9. The van der Waals surface area contributed by atoms with Gasteiger partial charge in [-0.3, -0.25) is 4.79 Å². The Balaban J connectivity index is 1.92. The van der Waals surface area contributed by atoms with E-state index in [4.69, 9.17) is 0 Å². The minimum Gasteiger partial charge on any atom is -0.391 e. The summed E-state index contributed by atoms with van der Waals surface area (Å²) in [4.78, 5) is 11.9. The van der Waals surface area contributed by atoms with Gasteiger partial charge in [0.25, 0.3) is 5.91 Å². The van der Waals surface area contributed by atoms with Crippen molar-refractivity contribution in [2.75, 3.05) is 6.54 Å². The maximum Gasteiger partial charge on any atom is 0.268 e.